The molecule has 1 nitrogen and oxygen atoms in total. The SMILES string of the molecule is CCc1ccccc1.c1ccc(CNCc2ccccc2)cc1. The second kappa shape index (κ2) is 10.4. The van der Waals surface area contributed by atoms with Crippen molar-refractivity contribution in [2.45, 2.75) is 26.4 Å². The molecule has 0 spiro atoms. The van der Waals surface area contributed by atoms with Gasteiger partial charge in [0.2, 0.25) is 0 Å². The number of benzene rings is 3. The summed E-state index contributed by atoms with van der Waals surface area (Å²) in [4.78, 5) is 0. The van der Waals surface area contributed by atoms with Gasteiger partial charge in [0, 0.05) is 13.1 Å². The Morgan fingerprint density at radius 3 is 1.17 bits per heavy atom. The van der Waals surface area contributed by atoms with Crippen LogP contribution < -0.4 is 5.32 Å². The zero-order valence-electron chi connectivity index (χ0n) is 13.8. The van der Waals surface area contributed by atoms with E-state index in [2.05, 4.69) is 85.0 Å². The van der Waals surface area contributed by atoms with Crippen molar-refractivity contribution in [3.05, 3.63) is 108 Å². The van der Waals surface area contributed by atoms with Gasteiger partial charge >= 0.3 is 0 Å². The zero-order valence-corrected chi connectivity index (χ0v) is 13.8. The minimum atomic E-state index is 0.926. The van der Waals surface area contributed by atoms with Crippen LogP contribution in [0.1, 0.15) is 23.6 Å². The quantitative estimate of drug-likeness (QED) is 0.681. The third-order valence-electron chi connectivity index (χ3n) is 3.59. The van der Waals surface area contributed by atoms with E-state index in [9.17, 15) is 0 Å². The van der Waals surface area contributed by atoms with Crippen molar-refractivity contribution in [3.8, 4) is 0 Å². The summed E-state index contributed by atoms with van der Waals surface area (Å²) in [6.07, 6.45) is 1.14. The highest BCUT2D eigenvalue weighted by molar-refractivity contribution is 5.16. The highest BCUT2D eigenvalue weighted by atomic mass is 14.8. The fourth-order valence-corrected chi connectivity index (χ4v) is 2.26. The Labute approximate surface area is 140 Å². The van der Waals surface area contributed by atoms with E-state index in [0.717, 1.165) is 19.5 Å². The molecule has 0 aliphatic carbocycles. The van der Waals surface area contributed by atoms with Gasteiger partial charge in [-0.2, -0.15) is 0 Å². The second-order valence-corrected chi connectivity index (χ2v) is 5.41. The van der Waals surface area contributed by atoms with Crippen molar-refractivity contribution in [3.63, 3.8) is 0 Å². The lowest BCUT2D eigenvalue weighted by molar-refractivity contribution is 0.693. The van der Waals surface area contributed by atoms with Gasteiger partial charge in [-0.15, -0.1) is 0 Å². The molecule has 0 bridgehead atoms. The summed E-state index contributed by atoms with van der Waals surface area (Å²) in [6, 6.07) is 31.4. The molecule has 0 fully saturated rings. The number of hydrogen-bond donors (Lipinski definition) is 1. The van der Waals surface area contributed by atoms with E-state index in [0.29, 0.717) is 0 Å². The third kappa shape index (κ3) is 6.94. The molecule has 0 atom stereocenters. The number of hydrogen-bond acceptors (Lipinski definition) is 1. The van der Waals surface area contributed by atoms with Crippen molar-refractivity contribution in [2.75, 3.05) is 0 Å². The highest BCUT2D eigenvalue weighted by Crippen LogP contribution is 2.00. The molecule has 1 N–H and O–H groups in total. The average molecular weight is 303 g/mol. The van der Waals surface area contributed by atoms with E-state index in [1.54, 1.807) is 0 Å². The Morgan fingerprint density at radius 1 is 0.522 bits per heavy atom. The van der Waals surface area contributed by atoms with Gasteiger partial charge < -0.3 is 5.32 Å². The lowest BCUT2D eigenvalue weighted by Crippen LogP contribution is -2.12. The first-order valence-electron chi connectivity index (χ1n) is 8.21. The predicted octanol–water partition coefficient (Wildman–Crippen LogP) is 5.23. The molecule has 0 saturated carbocycles. The first kappa shape index (κ1) is 17.0. The molecule has 0 aliphatic rings. The maximum atomic E-state index is 3.42. The third-order valence-corrected chi connectivity index (χ3v) is 3.59. The summed E-state index contributed by atoms with van der Waals surface area (Å²) in [5, 5.41) is 3.42. The van der Waals surface area contributed by atoms with Crippen LogP contribution in [0, 0.1) is 0 Å². The Morgan fingerprint density at radius 2 is 0.870 bits per heavy atom. The van der Waals surface area contributed by atoms with Crippen molar-refractivity contribution >= 4 is 0 Å². The summed E-state index contributed by atoms with van der Waals surface area (Å²) < 4.78 is 0. The summed E-state index contributed by atoms with van der Waals surface area (Å²) in [5.41, 5.74) is 4.06. The summed E-state index contributed by atoms with van der Waals surface area (Å²) >= 11 is 0. The lowest BCUT2D eigenvalue weighted by atomic mass is 10.2. The molecule has 0 radical (unpaired) electrons. The first-order chi connectivity index (χ1) is 11.4. The molecule has 3 aromatic rings. The molecule has 0 heterocycles. The topological polar surface area (TPSA) is 12.0 Å². The highest BCUT2D eigenvalue weighted by Gasteiger charge is 1.92. The van der Waals surface area contributed by atoms with Gasteiger partial charge in [0.1, 0.15) is 0 Å². The van der Waals surface area contributed by atoms with Gasteiger partial charge in [0.15, 0.2) is 0 Å². The molecule has 0 amide bonds. The van der Waals surface area contributed by atoms with E-state index in [1.165, 1.54) is 16.7 Å². The molecule has 118 valence electrons. The van der Waals surface area contributed by atoms with Crippen LogP contribution in [-0.4, -0.2) is 0 Å². The molecule has 0 unspecified atom stereocenters. The number of rotatable bonds is 5. The van der Waals surface area contributed by atoms with Crippen molar-refractivity contribution < 1.29 is 0 Å². The van der Waals surface area contributed by atoms with Crippen LogP contribution in [0.3, 0.4) is 0 Å². The standard InChI is InChI=1S/C14H15N.C8H10/c1-3-7-13(8-4-1)11-15-12-14-9-5-2-6-10-14;1-2-8-6-4-3-5-7-8/h1-10,15H,11-12H2;3-7H,2H2,1H3. The van der Waals surface area contributed by atoms with Crippen LogP contribution in [0.15, 0.2) is 91.0 Å². The Kier molecular flexibility index (Phi) is 7.65. The van der Waals surface area contributed by atoms with Crippen LogP contribution in [0.25, 0.3) is 0 Å². The molecule has 3 aromatic carbocycles. The van der Waals surface area contributed by atoms with E-state index in [-0.39, 0.29) is 0 Å². The predicted molar refractivity (Wildman–Crippen MR) is 99.2 cm³/mol. The Balaban J connectivity index is 0.000000203. The zero-order chi connectivity index (χ0) is 16.2. The molecule has 0 aromatic heterocycles. The number of nitrogens with one attached hydrogen (secondary N) is 1. The first-order valence-corrected chi connectivity index (χ1v) is 8.21. The summed E-state index contributed by atoms with van der Waals surface area (Å²) in [7, 11) is 0. The van der Waals surface area contributed by atoms with Crippen molar-refractivity contribution in [1.82, 2.24) is 5.32 Å². The van der Waals surface area contributed by atoms with Gasteiger partial charge in [0.05, 0.1) is 0 Å². The van der Waals surface area contributed by atoms with E-state index in [1.807, 2.05) is 18.2 Å². The van der Waals surface area contributed by atoms with Gasteiger partial charge in [-0.3, -0.25) is 0 Å². The molecule has 3 rings (SSSR count). The van der Waals surface area contributed by atoms with Crippen molar-refractivity contribution in [1.29, 1.82) is 0 Å². The monoisotopic (exact) mass is 303 g/mol. The normalized spacial score (nSPS) is 9.78. The van der Waals surface area contributed by atoms with Gasteiger partial charge in [-0.25, -0.2) is 0 Å². The largest absolute Gasteiger partial charge is 0.309 e. The van der Waals surface area contributed by atoms with Gasteiger partial charge in [-0.05, 0) is 23.1 Å². The van der Waals surface area contributed by atoms with Crippen LogP contribution in [0.2, 0.25) is 0 Å². The second-order valence-electron chi connectivity index (χ2n) is 5.41. The molecule has 0 saturated heterocycles. The maximum Gasteiger partial charge on any atom is 0.0208 e. The maximum absolute atomic E-state index is 3.42. The lowest BCUT2D eigenvalue weighted by Gasteiger charge is -2.04. The van der Waals surface area contributed by atoms with E-state index in [4.69, 9.17) is 0 Å². The molecule has 0 aliphatic heterocycles. The van der Waals surface area contributed by atoms with Gasteiger partial charge in [-0.1, -0.05) is 97.9 Å². The molecular weight excluding hydrogens is 278 g/mol. The minimum absolute atomic E-state index is 0.926. The molecular formula is C22H25N. The van der Waals surface area contributed by atoms with Crippen molar-refractivity contribution in [2.24, 2.45) is 0 Å². The fraction of sp³-hybridized carbons (Fsp3) is 0.182. The Bertz CT molecular complexity index is 593. The van der Waals surface area contributed by atoms with E-state index < -0.39 is 0 Å². The van der Waals surface area contributed by atoms with Gasteiger partial charge in [0.25, 0.3) is 0 Å². The molecule has 23 heavy (non-hydrogen) atoms. The smallest absolute Gasteiger partial charge is 0.0208 e. The summed E-state index contributed by atoms with van der Waals surface area (Å²) in [6.45, 7) is 4.01. The van der Waals surface area contributed by atoms with Crippen LogP contribution in [-0.2, 0) is 19.5 Å². The number of aryl methyl sites for hydroxylation is 1. The fourth-order valence-electron chi connectivity index (χ4n) is 2.26. The van der Waals surface area contributed by atoms with E-state index >= 15 is 0 Å². The average Bonchev–Trinajstić information content (AvgIpc) is 2.65. The summed E-state index contributed by atoms with van der Waals surface area (Å²) in [5.74, 6) is 0. The van der Waals surface area contributed by atoms with Crippen LogP contribution >= 0.6 is 0 Å². The van der Waals surface area contributed by atoms with Crippen LogP contribution in [0.5, 0.6) is 0 Å². The minimum Gasteiger partial charge on any atom is -0.309 e. The van der Waals surface area contributed by atoms with Crippen LogP contribution in [0.4, 0.5) is 0 Å². The Hall–Kier alpha value is -2.38. The molecule has 1 heteroatoms.